The average Bonchev–Trinajstić information content (AvgIpc) is 2.61. The molecule has 2 aromatic rings. The molecule has 0 fully saturated rings. The molecular weight excluding hydrogens is 196 g/mol. The van der Waals surface area contributed by atoms with Gasteiger partial charge in [-0.25, -0.2) is 0 Å². The van der Waals surface area contributed by atoms with E-state index in [-0.39, 0.29) is 5.82 Å². The lowest BCUT2D eigenvalue weighted by molar-refractivity contribution is -0.387. The summed E-state index contributed by atoms with van der Waals surface area (Å²) < 4.78 is 1.62. The van der Waals surface area contributed by atoms with Crippen LogP contribution < -0.4 is 5.73 Å². The summed E-state index contributed by atoms with van der Waals surface area (Å²) in [5.41, 5.74) is 6.91. The van der Waals surface area contributed by atoms with Gasteiger partial charge < -0.3 is 15.8 Å². The van der Waals surface area contributed by atoms with Gasteiger partial charge in [0, 0.05) is 6.20 Å². The van der Waals surface area contributed by atoms with Crippen LogP contribution in [0.2, 0.25) is 0 Å². The first kappa shape index (κ1) is 9.60. The van der Waals surface area contributed by atoms with E-state index in [1.807, 2.05) is 6.07 Å². The maximum Gasteiger partial charge on any atom is 0.389 e. The molecule has 15 heavy (non-hydrogen) atoms. The first-order valence-corrected chi connectivity index (χ1v) is 4.52. The number of hydrogen-bond donors (Lipinski definition) is 1. The molecule has 6 heteroatoms. The summed E-state index contributed by atoms with van der Waals surface area (Å²) in [6, 6.07) is 3.63. The van der Waals surface area contributed by atoms with Crippen molar-refractivity contribution >= 4 is 11.3 Å². The van der Waals surface area contributed by atoms with Gasteiger partial charge in [-0.15, -0.1) is 0 Å². The summed E-state index contributed by atoms with van der Waals surface area (Å²) in [5, 5.41) is 10.7. The van der Waals surface area contributed by atoms with Crippen LogP contribution in [0.15, 0.2) is 24.7 Å². The molecule has 6 nitrogen and oxygen atoms in total. The number of hydrogen-bond acceptors (Lipinski definition) is 4. The van der Waals surface area contributed by atoms with Crippen molar-refractivity contribution in [2.24, 2.45) is 5.73 Å². The van der Waals surface area contributed by atoms with Gasteiger partial charge in [0.1, 0.15) is 5.52 Å². The van der Waals surface area contributed by atoms with E-state index in [1.54, 1.807) is 16.7 Å². The Kier molecular flexibility index (Phi) is 2.34. The summed E-state index contributed by atoms with van der Waals surface area (Å²) in [6.07, 6.45) is 3.89. The van der Waals surface area contributed by atoms with Crippen LogP contribution in [0.4, 0.5) is 5.82 Å². The van der Waals surface area contributed by atoms with E-state index < -0.39 is 4.92 Å². The van der Waals surface area contributed by atoms with Crippen molar-refractivity contribution in [1.29, 1.82) is 0 Å². The third kappa shape index (κ3) is 1.66. The maximum atomic E-state index is 10.7. The zero-order chi connectivity index (χ0) is 10.8. The Morgan fingerprint density at radius 2 is 2.40 bits per heavy atom. The van der Waals surface area contributed by atoms with Crippen LogP contribution in [-0.2, 0) is 6.42 Å². The Hall–Kier alpha value is -1.95. The lowest BCUT2D eigenvalue weighted by Gasteiger charge is -1.99. The van der Waals surface area contributed by atoms with Crippen LogP contribution in [0.5, 0.6) is 0 Å². The van der Waals surface area contributed by atoms with Crippen LogP contribution in [-0.4, -0.2) is 20.9 Å². The highest BCUT2D eigenvalue weighted by Crippen LogP contribution is 2.18. The van der Waals surface area contributed by atoms with E-state index in [1.165, 1.54) is 6.33 Å². The third-order valence-corrected chi connectivity index (χ3v) is 2.19. The van der Waals surface area contributed by atoms with Gasteiger partial charge >= 0.3 is 5.82 Å². The van der Waals surface area contributed by atoms with Crippen molar-refractivity contribution in [3.05, 3.63) is 40.3 Å². The van der Waals surface area contributed by atoms with E-state index in [4.69, 9.17) is 5.73 Å². The Morgan fingerprint density at radius 3 is 3.07 bits per heavy atom. The highest BCUT2D eigenvalue weighted by atomic mass is 16.6. The first-order chi connectivity index (χ1) is 7.22. The van der Waals surface area contributed by atoms with Crippen molar-refractivity contribution in [1.82, 2.24) is 9.38 Å². The SMILES string of the molecule is NCCc1ccn2cnc([N+](=O)[O-])c2c1. The topological polar surface area (TPSA) is 86.5 Å². The monoisotopic (exact) mass is 206 g/mol. The normalized spacial score (nSPS) is 10.7. The maximum absolute atomic E-state index is 10.7. The van der Waals surface area contributed by atoms with Crippen molar-refractivity contribution in [3.8, 4) is 0 Å². The van der Waals surface area contributed by atoms with Crippen LogP contribution in [0, 0.1) is 10.1 Å². The molecule has 0 unspecified atom stereocenters. The fourth-order valence-electron chi connectivity index (χ4n) is 1.48. The minimum Gasteiger partial charge on any atom is -0.358 e. The van der Waals surface area contributed by atoms with Gasteiger partial charge in [0.15, 0.2) is 0 Å². The van der Waals surface area contributed by atoms with Crippen molar-refractivity contribution in [2.75, 3.05) is 6.54 Å². The van der Waals surface area contributed by atoms with Gasteiger partial charge in [-0.05, 0) is 40.6 Å². The molecule has 0 aliphatic carbocycles. The molecule has 0 bridgehead atoms. The van der Waals surface area contributed by atoms with Crippen LogP contribution in [0.25, 0.3) is 5.52 Å². The predicted molar refractivity (Wildman–Crippen MR) is 54.6 cm³/mol. The summed E-state index contributed by atoms with van der Waals surface area (Å²) in [6.45, 7) is 0.526. The zero-order valence-corrected chi connectivity index (χ0v) is 7.96. The minimum absolute atomic E-state index is 0.117. The van der Waals surface area contributed by atoms with Gasteiger partial charge in [-0.3, -0.25) is 4.40 Å². The van der Waals surface area contributed by atoms with Gasteiger partial charge in [-0.1, -0.05) is 0 Å². The number of nitrogens with two attached hydrogens (primary N) is 1. The number of rotatable bonds is 3. The molecule has 0 aliphatic rings. The molecule has 0 aliphatic heterocycles. The minimum atomic E-state index is -0.485. The zero-order valence-electron chi connectivity index (χ0n) is 7.96. The quantitative estimate of drug-likeness (QED) is 0.592. The number of nitro groups is 1. The van der Waals surface area contributed by atoms with E-state index in [0.717, 1.165) is 5.56 Å². The molecule has 0 aromatic carbocycles. The van der Waals surface area contributed by atoms with Gasteiger partial charge in [-0.2, -0.15) is 0 Å². The molecule has 2 heterocycles. The molecule has 2 aromatic heterocycles. The lowest BCUT2D eigenvalue weighted by Crippen LogP contribution is -2.03. The summed E-state index contributed by atoms with van der Waals surface area (Å²) in [7, 11) is 0. The number of aromatic nitrogens is 2. The Morgan fingerprint density at radius 1 is 1.60 bits per heavy atom. The number of nitrogens with zero attached hydrogens (tertiary/aromatic N) is 3. The van der Waals surface area contributed by atoms with Crippen LogP contribution in [0.1, 0.15) is 5.56 Å². The molecule has 78 valence electrons. The van der Waals surface area contributed by atoms with Crippen molar-refractivity contribution < 1.29 is 4.92 Å². The fourth-order valence-corrected chi connectivity index (χ4v) is 1.48. The standard InChI is InChI=1S/C9H10N4O2/c10-3-1-7-2-4-12-6-11-9(13(14)15)8(12)5-7/h2,4-6H,1,3,10H2. The summed E-state index contributed by atoms with van der Waals surface area (Å²) in [4.78, 5) is 13.9. The Balaban J connectivity index is 2.56. The molecule has 0 radical (unpaired) electrons. The summed E-state index contributed by atoms with van der Waals surface area (Å²) in [5.74, 6) is -0.117. The molecule has 0 atom stereocenters. The Labute approximate surface area is 85.5 Å². The number of imidazole rings is 1. The molecule has 0 amide bonds. The third-order valence-electron chi connectivity index (χ3n) is 2.19. The van der Waals surface area contributed by atoms with Gasteiger partial charge in [0.2, 0.25) is 6.33 Å². The lowest BCUT2D eigenvalue weighted by atomic mass is 10.2. The highest BCUT2D eigenvalue weighted by molar-refractivity contribution is 5.62. The molecule has 2 N–H and O–H groups in total. The fraction of sp³-hybridized carbons (Fsp3) is 0.222. The molecule has 0 saturated carbocycles. The first-order valence-electron chi connectivity index (χ1n) is 4.52. The predicted octanol–water partition coefficient (Wildman–Crippen LogP) is 0.744. The van der Waals surface area contributed by atoms with E-state index in [9.17, 15) is 10.1 Å². The van der Waals surface area contributed by atoms with E-state index in [0.29, 0.717) is 18.5 Å². The number of pyridine rings is 1. The summed E-state index contributed by atoms with van der Waals surface area (Å²) >= 11 is 0. The van der Waals surface area contributed by atoms with E-state index >= 15 is 0 Å². The second kappa shape index (κ2) is 3.66. The van der Waals surface area contributed by atoms with E-state index in [2.05, 4.69) is 4.98 Å². The Bertz CT molecular complexity index is 506. The highest BCUT2D eigenvalue weighted by Gasteiger charge is 2.15. The molecule has 2 rings (SSSR count). The molecule has 0 saturated heterocycles. The second-order valence-corrected chi connectivity index (χ2v) is 3.19. The largest absolute Gasteiger partial charge is 0.389 e. The molecule has 0 spiro atoms. The molecular formula is C9H10N4O2. The van der Waals surface area contributed by atoms with Crippen molar-refractivity contribution in [3.63, 3.8) is 0 Å². The number of fused-ring (bicyclic) bond motifs is 1. The van der Waals surface area contributed by atoms with Crippen LogP contribution in [0.3, 0.4) is 0 Å². The van der Waals surface area contributed by atoms with Gasteiger partial charge in [0.05, 0.1) is 0 Å². The van der Waals surface area contributed by atoms with Crippen LogP contribution >= 0.6 is 0 Å². The van der Waals surface area contributed by atoms with Crippen molar-refractivity contribution in [2.45, 2.75) is 6.42 Å². The smallest absolute Gasteiger partial charge is 0.358 e. The second-order valence-electron chi connectivity index (χ2n) is 3.19. The average molecular weight is 206 g/mol. The van der Waals surface area contributed by atoms with Gasteiger partial charge in [0.25, 0.3) is 0 Å².